The molecule has 24 rings (SSSR count). The van der Waals surface area contributed by atoms with Gasteiger partial charge in [-0.3, -0.25) is 0 Å². The lowest BCUT2D eigenvalue weighted by molar-refractivity contribution is 0.661. The van der Waals surface area contributed by atoms with Crippen molar-refractivity contribution in [1.29, 1.82) is 0 Å². The molecule has 0 spiro atoms. The average molecular weight is 1450 g/mol. The van der Waals surface area contributed by atoms with Crippen LogP contribution in [0.25, 0.3) is 198 Å². The van der Waals surface area contributed by atoms with Gasteiger partial charge < -0.3 is 18.3 Å². The van der Waals surface area contributed by atoms with E-state index in [0.29, 0.717) is 0 Å². The number of benzene rings is 18. The molecule has 0 N–H and O–H groups in total. The van der Waals surface area contributed by atoms with E-state index in [1.807, 2.05) is 0 Å². The zero-order chi connectivity index (χ0) is 75.7. The van der Waals surface area contributed by atoms with Crippen molar-refractivity contribution in [2.75, 3.05) is 0 Å². The van der Waals surface area contributed by atoms with E-state index in [4.69, 9.17) is 0 Å². The van der Waals surface area contributed by atoms with Gasteiger partial charge in [0.25, 0.3) is 0 Å². The highest BCUT2D eigenvalue weighted by atomic mass is 15.0. The van der Waals surface area contributed by atoms with E-state index in [1.54, 1.807) is 0 Å². The van der Waals surface area contributed by atoms with E-state index < -0.39 is 0 Å². The average Bonchev–Trinajstić information content (AvgIpc) is 1.54. The summed E-state index contributed by atoms with van der Waals surface area (Å²) >= 11 is 0. The molecule has 4 heterocycles. The van der Waals surface area contributed by atoms with Crippen LogP contribution in [-0.2, 0) is 10.8 Å². The fraction of sp³-hybridized carbons (Fsp3) is 0.0545. The summed E-state index contributed by atoms with van der Waals surface area (Å²) in [7, 11) is 0. The first-order valence-corrected chi connectivity index (χ1v) is 39.9. The largest absolute Gasteiger partial charge is 0.309 e. The molecule has 0 fully saturated rings. The Kier molecular flexibility index (Phi) is 14.4. The van der Waals surface area contributed by atoms with Gasteiger partial charge in [-0.05, 0) is 209 Å². The third kappa shape index (κ3) is 9.77. The minimum absolute atomic E-state index is 0.0918. The normalized spacial score (nSPS) is 13.2. The van der Waals surface area contributed by atoms with Crippen LogP contribution in [0.2, 0.25) is 0 Å². The molecule has 22 aromatic rings. The molecule has 4 nitrogen and oxygen atoms in total. The summed E-state index contributed by atoms with van der Waals surface area (Å²) in [5.41, 5.74) is 35.0. The first kappa shape index (κ1) is 65.6. The molecular weight excluding hydrogens is 1380 g/mol. The molecule has 0 bridgehead atoms. The summed E-state index contributed by atoms with van der Waals surface area (Å²) in [5.74, 6) is 0. The molecule has 18 aromatic carbocycles. The van der Waals surface area contributed by atoms with Gasteiger partial charge in [-0.15, -0.1) is 0 Å². The van der Waals surface area contributed by atoms with Gasteiger partial charge in [0.15, 0.2) is 0 Å². The minimum Gasteiger partial charge on any atom is -0.309 e. The smallest absolute Gasteiger partial charge is 0.0547 e. The van der Waals surface area contributed by atoms with Crippen molar-refractivity contribution >= 4 is 109 Å². The Bertz CT molecular complexity index is 7770. The molecule has 114 heavy (non-hydrogen) atoms. The molecule has 4 heteroatoms. The Balaban J connectivity index is 0.000000135. The molecule has 2 aliphatic rings. The third-order valence-electron chi connectivity index (χ3n) is 25.4. The van der Waals surface area contributed by atoms with Gasteiger partial charge in [0.2, 0.25) is 0 Å². The monoisotopic (exact) mass is 1450 g/mol. The van der Waals surface area contributed by atoms with E-state index in [2.05, 4.69) is 434 Å². The zero-order valence-corrected chi connectivity index (χ0v) is 63.7. The predicted octanol–water partition coefficient (Wildman–Crippen LogP) is 29.3. The SMILES string of the molecule is CC1(C)c2ccccc2-c2c1ccc1c2c2cc(-c3ccc4c(c3)c3ccccc3n4-c3cccc(-c4ccccc4)c3)ccc2n1-c1cccc2ccccc12.CC1(C)c2ccccc2-c2ccc3c(c21)c1cc(-c2ccc4c(c2)c2ccccc2n4-c2cccc(-c4ccccc4)c2)ccc1n3-c1cccc2ccccc12. The standard InChI is InChI=1S/2C55H38N2/c1-55(2)46-23-10-8-22-43(46)53-47(55)28-31-52-54(53)45-34-39(27-30-51(45)57(52)48-25-13-17-36-16-6-7-20-41(36)48)38-26-29-50-44(33-38)42-21-9-11-24-49(42)56(50)40-19-12-18-37(32-40)35-14-4-3-5-15-35;1-55(2)47-23-10-8-21-42(47)44-28-31-52-53(54(44)55)46-34-39(27-30-51(46)57(52)48-25-13-17-36-16-6-7-20-41(36)48)38-26-29-50-45(33-38)43-22-9-11-24-49(43)56(50)40-19-12-18-37(32-40)35-14-4-3-5-15-35/h2*3-34H,1-2H3. The van der Waals surface area contributed by atoms with Crippen LogP contribution in [0, 0.1) is 0 Å². The molecule has 0 amide bonds. The quantitative estimate of drug-likeness (QED) is 0.144. The van der Waals surface area contributed by atoms with Crippen molar-refractivity contribution in [3.8, 4) is 89.5 Å². The van der Waals surface area contributed by atoms with Crippen LogP contribution in [0.1, 0.15) is 49.9 Å². The lowest BCUT2D eigenvalue weighted by atomic mass is 9.80. The molecule has 2 aliphatic carbocycles. The van der Waals surface area contributed by atoms with E-state index in [0.717, 1.165) is 11.4 Å². The predicted molar refractivity (Wildman–Crippen MR) is 482 cm³/mol. The number of nitrogens with zero attached hydrogens (tertiary/aromatic N) is 4. The molecule has 536 valence electrons. The highest BCUT2D eigenvalue weighted by molar-refractivity contribution is 6.21. The fourth-order valence-electron chi connectivity index (χ4n) is 20.1. The van der Waals surface area contributed by atoms with E-state index in [9.17, 15) is 0 Å². The Morgan fingerprint density at radius 1 is 0.193 bits per heavy atom. The van der Waals surface area contributed by atoms with Gasteiger partial charge >= 0.3 is 0 Å². The molecular formula is C110H76N4. The summed E-state index contributed by atoms with van der Waals surface area (Å²) in [6, 6.07) is 144. The maximum Gasteiger partial charge on any atom is 0.0547 e. The molecule has 0 atom stereocenters. The molecule has 0 aliphatic heterocycles. The number of rotatable bonds is 8. The Labute approximate surface area is 661 Å². The number of para-hydroxylation sites is 2. The number of fused-ring (bicyclic) bond motifs is 22. The highest BCUT2D eigenvalue weighted by Crippen LogP contribution is 2.56. The van der Waals surface area contributed by atoms with Crippen molar-refractivity contribution in [1.82, 2.24) is 18.3 Å². The van der Waals surface area contributed by atoms with Crippen LogP contribution in [0.4, 0.5) is 0 Å². The number of aromatic nitrogens is 4. The van der Waals surface area contributed by atoms with Crippen LogP contribution >= 0.6 is 0 Å². The molecule has 4 aromatic heterocycles. The number of hydrogen-bond acceptors (Lipinski definition) is 0. The maximum absolute atomic E-state index is 2.51. The summed E-state index contributed by atoms with van der Waals surface area (Å²) in [6.45, 7) is 9.56. The first-order valence-electron chi connectivity index (χ1n) is 39.9. The van der Waals surface area contributed by atoms with Crippen LogP contribution in [0.5, 0.6) is 0 Å². The van der Waals surface area contributed by atoms with Crippen LogP contribution in [0.3, 0.4) is 0 Å². The molecule has 0 radical (unpaired) electrons. The minimum atomic E-state index is -0.155. The van der Waals surface area contributed by atoms with Crippen LogP contribution in [0.15, 0.2) is 388 Å². The zero-order valence-electron chi connectivity index (χ0n) is 63.7. The van der Waals surface area contributed by atoms with Crippen molar-refractivity contribution in [2.45, 2.75) is 38.5 Å². The lowest BCUT2D eigenvalue weighted by Gasteiger charge is -2.22. The van der Waals surface area contributed by atoms with E-state index in [-0.39, 0.29) is 10.8 Å². The summed E-state index contributed by atoms with van der Waals surface area (Å²) < 4.78 is 9.86. The topological polar surface area (TPSA) is 19.7 Å². The van der Waals surface area contributed by atoms with E-state index in [1.165, 1.54) is 209 Å². The fourth-order valence-corrected chi connectivity index (χ4v) is 20.1. The summed E-state index contributed by atoms with van der Waals surface area (Å²) in [6.07, 6.45) is 0. The lowest BCUT2D eigenvalue weighted by Crippen LogP contribution is -2.15. The highest BCUT2D eigenvalue weighted by Gasteiger charge is 2.40. The Morgan fingerprint density at radius 2 is 0.553 bits per heavy atom. The van der Waals surface area contributed by atoms with Gasteiger partial charge in [0.1, 0.15) is 0 Å². The van der Waals surface area contributed by atoms with Gasteiger partial charge in [0, 0.05) is 76.1 Å². The first-order chi connectivity index (χ1) is 56.1. The van der Waals surface area contributed by atoms with Gasteiger partial charge in [-0.25, -0.2) is 0 Å². The van der Waals surface area contributed by atoms with Crippen LogP contribution < -0.4 is 0 Å². The second kappa shape index (κ2) is 25.1. The van der Waals surface area contributed by atoms with Crippen LogP contribution in [-0.4, -0.2) is 18.3 Å². The Hall–Kier alpha value is -14.3. The molecule has 0 saturated heterocycles. The maximum atomic E-state index is 2.51. The molecule has 0 saturated carbocycles. The second-order valence-electron chi connectivity index (χ2n) is 32.2. The molecule has 0 unspecified atom stereocenters. The third-order valence-corrected chi connectivity index (χ3v) is 25.4. The van der Waals surface area contributed by atoms with Gasteiger partial charge in [-0.1, -0.05) is 307 Å². The van der Waals surface area contributed by atoms with Crippen molar-refractivity contribution in [3.05, 3.63) is 411 Å². The number of hydrogen-bond donors (Lipinski definition) is 0. The van der Waals surface area contributed by atoms with Crippen molar-refractivity contribution in [3.63, 3.8) is 0 Å². The van der Waals surface area contributed by atoms with Gasteiger partial charge in [-0.2, -0.15) is 0 Å². The van der Waals surface area contributed by atoms with Crippen molar-refractivity contribution in [2.24, 2.45) is 0 Å². The summed E-state index contributed by atoms with van der Waals surface area (Å²) in [5, 5.41) is 15.2. The summed E-state index contributed by atoms with van der Waals surface area (Å²) in [4.78, 5) is 0. The van der Waals surface area contributed by atoms with Gasteiger partial charge in [0.05, 0.1) is 55.5 Å². The second-order valence-corrected chi connectivity index (χ2v) is 32.2. The Morgan fingerprint density at radius 3 is 1.08 bits per heavy atom. The van der Waals surface area contributed by atoms with E-state index >= 15 is 0 Å². The van der Waals surface area contributed by atoms with Crippen molar-refractivity contribution < 1.29 is 0 Å².